The molecule has 1 aliphatic rings. The van der Waals surface area contributed by atoms with Crippen LogP contribution in [-0.2, 0) is 17.8 Å². The molecule has 1 atom stereocenters. The smallest absolute Gasteiger partial charge is 0.297 e. The van der Waals surface area contributed by atoms with E-state index in [4.69, 9.17) is 0 Å². The topological polar surface area (TPSA) is 111 Å². The minimum absolute atomic E-state index is 0.120. The van der Waals surface area contributed by atoms with Crippen LogP contribution in [0, 0.1) is 0 Å². The average Bonchev–Trinajstić information content (AvgIpc) is 3.20. The van der Waals surface area contributed by atoms with Crippen LogP contribution in [0.5, 0.6) is 0 Å². The lowest BCUT2D eigenvalue weighted by Crippen LogP contribution is -2.25. The molecular weight excluding hydrogens is 406 g/mol. The molecule has 3 heterocycles. The van der Waals surface area contributed by atoms with E-state index in [0.717, 1.165) is 47.2 Å². The molecule has 162 valence electrons. The first kappa shape index (κ1) is 20.0. The van der Waals surface area contributed by atoms with Gasteiger partial charge in [-0.3, -0.25) is 18.9 Å². The lowest BCUT2D eigenvalue weighted by atomic mass is 10.00. The first-order chi connectivity index (χ1) is 15.7. The maximum absolute atomic E-state index is 13.1. The number of nitrogens with zero attached hydrogens (tertiary/aromatic N) is 6. The van der Waals surface area contributed by atoms with Crippen molar-refractivity contribution in [1.82, 2.24) is 34.7 Å². The second-order valence-electron chi connectivity index (χ2n) is 8.03. The van der Waals surface area contributed by atoms with Crippen molar-refractivity contribution >= 4 is 5.78 Å². The Morgan fingerprint density at radius 2 is 1.91 bits per heavy atom. The summed E-state index contributed by atoms with van der Waals surface area (Å²) in [5.74, 6) is 0.657. The fourth-order valence-electron chi connectivity index (χ4n) is 3.97. The zero-order valence-electron chi connectivity index (χ0n) is 17.7. The molecule has 0 amide bonds. The van der Waals surface area contributed by atoms with Crippen LogP contribution >= 0.6 is 0 Å². The van der Waals surface area contributed by atoms with Crippen LogP contribution in [0.3, 0.4) is 0 Å². The van der Waals surface area contributed by atoms with E-state index in [2.05, 4.69) is 32.5 Å². The molecule has 9 heteroatoms. The number of nitrogens with one attached hydrogen (secondary N) is 1. The number of tetrazole rings is 1. The Morgan fingerprint density at radius 3 is 2.59 bits per heavy atom. The highest BCUT2D eigenvalue weighted by atomic mass is 16.2. The van der Waals surface area contributed by atoms with Crippen molar-refractivity contribution in [2.45, 2.75) is 45.2 Å². The number of hydrogen-bond donors (Lipinski definition) is 1. The number of H-pyrrole nitrogens is 1. The Balaban J connectivity index is 1.49. The van der Waals surface area contributed by atoms with Crippen molar-refractivity contribution in [3.05, 3.63) is 70.7 Å². The fourth-order valence-corrected chi connectivity index (χ4v) is 3.97. The Hall–Kier alpha value is -3.88. The van der Waals surface area contributed by atoms with Crippen LogP contribution in [0.2, 0.25) is 0 Å². The molecule has 0 spiro atoms. The van der Waals surface area contributed by atoms with Crippen molar-refractivity contribution < 1.29 is 4.79 Å². The molecule has 1 aliphatic carbocycles. The van der Waals surface area contributed by atoms with E-state index in [9.17, 15) is 9.59 Å². The van der Waals surface area contributed by atoms with E-state index in [1.807, 2.05) is 36.5 Å². The largest absolute Gasteiger partial charge is 0.329 e. The van der Waals surface area contributed by atoms with Gasteiger partial charge >= 0.3 is 5.69 Å². The normalized spacial score (nSPS) is 15.3. The number of aromatic nitrogens is 7. The zero-order valence-corrected chi connectivity index (χ0v) is 17.7. The molecule has 1 unspecified atom stereocenters. The van der Waals surface area contributed by atoms with Crippen LogP contribution in [0.15, 0.2) is 53.7 Å². The summed E-state index contributed by atoms with van der Waals surface area (Å²) < 4.78 is 3.39. The second-order valence-corrected chi connectivity index (χ2v) is 8.03. The molecule has 1 saturated carbocycles. The number of aromatic amines is 1. The average molecular weight is 429 g/mol. The first-order valence-corrected chi connectivity index (χ1v) is 10.8. The summed E-state index contributed by atoms with van der Waals surface area (Å²) in [4.78, 5) is 29.1. The molecule has 0 aliphatic heterocycles. The van der Waals surface area contributed by atoms with Gasteiger partial charge in [-0.05, 0) is 40.8 Å². The summed E-state index contributed by atoms with van der Waals surface area (Å²) in [6.07, 6.45) is 8.69. The van der Waals surface area contributed by atoms with Gasteiger partial charge in [0.15, 0.2) is 5.78 Å². The minimum Gasteiger partial charge on any atom is -0.297 e. The third kappa shape index (κ3) is 3.77. The molecule has 0 bridgehead atoms. The van der Waals surface area contributed by atoms with Gasteiger partial charge in [0.25, 0.3) is 0 Å². The molecule has 4 aromatic rings. The fraction of sp³-hybridized carbons (Fsp3) is 0.304. The Labute approximate surface area is 184 Å². The van der Waals surface area contributed by atoms with Crippen molar-refractivity contribution in [2.75, 3.05) is 0 Å². The summed E-state index contributed by atoms with van der Waals surface area (Å²) >= 11 is 0. The van der Waals surface area contributed by atoms with Crippen LogP contribution in [-0.4, -0.2) is 40.5 Å². The summed E-state index contributed by atoms with van der Waals surface area (Å²) in [5, 5.41) is 14.1. The summed E-state index contributed by atoms with van der Waals surface area (Å²) in [7, 11) is 0. The van der Waals surface area contributed by atoms with Crippen molar-refractivity contribution in [3.63, 3.8) is 0 Å². The van der Waals surface area contributed by atoms with E-state index in [0.29, 0.717) is 18.8 Å². The molecule has 1 N–H and O–H groups in total. The quantitative estimate of drug-likeness (QED) is 0.461. The van der Waals surface area contributed by atoms with E-state index >= 15 is 0 Å². The van der Waals surface area contributed by atoms with Crippen LogP contribution < -0.4 is 5.69 Å². The number of carbonyl (C=O) groups is 1. The maximum atomic E-state index is 13.1. The van der Waals surface area contributed by atoms with E-state index in [1.54, 1.807) is 21.5 Å². The van der Waals surface area contributed by atoms with Gasteiger partial charge < -0.3 is 0 Å². The third-order valence-electron chi connectivity index (χ3n) is 5.85. The number of pyridine rings is 1. The number of unbranched alkanes of at least 4 members (excludes halogenated alkanes) is 1. The van der Waals surface area contributed by atoms with Crippen LogP contribution in [0.1, 0.15) is 43.5 Å². The highest BCUT2D eigenvalue weighted by Crippen LogP contribution is 2.30. The van der Waals surface area contributed by atoms with E-state index in [-0.39, 0.29) is 17.5 Å². The van der Waals surface area contributed by atoms with Gasteiger partial charge in [0, 0.05) is 36.3 Å². The highest BCUT2D eigenvalue weighted by molar-refractivity contribution is 5.97. The van der Waals surface area contributed by atoms with Crippen molar-refractivity contribution in [1.29, 1.82) is 0 Å². The van der Waals surface area contributed by atoms with Crippen molar-refractivity contribution in [2.24, 2.45) is 0 Å². The Kier molecular flexibility index (Phi) is 5.22. The summed E-state index contributed by atoms with van der Waals surface area (Å²) in [6.45, 7) is 2.53. The number of carbonyl (C=O) groups excluding carboxylic acids is 1. The molecular formula is C23H23N7O2. The Bertz CT molecular complexity index is 1300. The molecule has 3 aromatic heterocycles. The first-order valence-electron chi connectivity index (χ1n) is 10.8. The standard InChI is InChI=1S/C23H23N7O2/c1-2-3-4-18-14-30(20-11-21(20)31)23(32)29(18)13-17-12-24-10-9-19(17)15-5-7-16(8-6-15)22-25-27-28-26-22/h5-10,12,14,20H,2-4,11,13H2,1H3,(H,25,26,27,28). The second kappa shape index (κ2) is 8.33. The highest BCUT2D eigenvalue weighted by Gasteiger charge is 2.38. The maximum Gasteiger partial charge on any atom is 0.329 e. The summed E-state index contributed by atoms with van der Waals surface area (Å²) in [5.41, 5.74) is 4.65. The van der Waals surface area contributed by atoms with Gasteiger partial charge in [-0.25, -0.2) is 4.79 Å². The predicted octanol–water partition coefficient (Wildman–Crippen LogP) is 2.80. The molecule has 32 heavy (non-hydrogen) atoms. The van der Waals surface area contributed by atoms with Gasteiger partial charge in [0.1, 0.15) is 6.04 Å². The van der Waals surface area contributed by atoms with Gasteiger partial charge in [-0.1, -0.05) is 37.6 Å². The summed E-state index contributed by atoms with van der Waals surface area (Å²) in [6, 6.07) is 9.54. The number of Topliss-reactive ketones (excluding diaryl/α,β-unsaturated/α-hetero) is 1. The molecule has 0 saturated heterocycles. The Morgan fingerprint density at radius 1 is 1.12 bits per heavy atom. The molecule has 5 rings (SSSR count). The van der Waals surface area contributed by atoms with E-state index < -0.39 is 0 Å². The number of benzene rings is 1. The van der Waals surface area contributed by atoms with Gasteiger partial charge in [-0.15, -0.1) is 10.2 Å². The molecule has 1 aromatic carbocycles. The van der Waals surface area contributed by atoms with Crippen LogP contribution in [0.25, 0.3) is 22.5 Å². The lowest BCUT2D eigenvalue weighted by Gasteiger charge is -2.12. The van der Waals surface area contributed by atoms with Gasteiger partial charge in [0.2, 0.25) is 5.82 Å². The number of imidazole rings is 1. The number of aryl methyl sites for hydroxylation is 1. The lowest BCUT2D eigenvalue weighted by molar-refractivity contribution is -0.110. The molecule has 1 fully saturated rings. The SMILES string of the molecule is CCCCc1cn(C2CC2=O)c(=O)n1Cc1cnccc1-c1ccc(-c2nn[nH]n2)cc1. The monoisotopic (exact) mass is 429 g/mol. The van der Waals surface area contributed by atoms with Crippen molar-refractivity contribution in [3.8, 4) is 22.5 Å². The zero-order chi connectivity index (χ0) is 22.1. The number of ketones is 1. The molecule has 0 radical (unpaired) electrons. The minimum atomic E-state index is -0.296. The third-order valence-corrected chi connectivity index (χ3v) is 5.85. The van der Waals surface area contributed by atoms with Gasteiger partial charge in [0.05, 0.1) is 6.54 Å². The molecule has 9 nitrogen and oxygen atoms in total. The number of hydrogen-bond acceptors (Lipinski definition) is 6. The van der Waals surface area contributed by atoms with Crippen LogP contribution in [0.4, 0.5) is 0 Å². The number of rotatable bonds is 8. The predicted molar refractivity (Wildman–Crippen MR) is 118 cm³/mol. The van der Waals surface area contributed by atoms with Gasteiger partial charge in [-0.2, -0.15) is 5.21 Å². The van der Waals surface area contributed by atoms with E-state index in [1.165, 1.54) is 0 Å².